The van der Waals surface area contributed by atoms with E-state index in [-0.39, 0.29) is 12.0 Å². The number of hydrogen-bond acceptors (Lipinski definition) is 4. The smallest absolute Gasteiger partial charge is 0.260 e. The average molecular weight is 319 g/mol. The van der Waals surface area contributed by atoms with E-state index in [1.54, 1.807) is 25.4 Å². The summed E-state index contributed by atoms with van der Waals surface area (Å²) in [4.78, 5) is 14.5. The number of thiophene rings is 1. The lowest BCUT2D eigenvalue weighted by Gasteiger charge is -2.18. The molecule has 0 spiro atoms. The molecule has 0 bridgehead atoms. The molecule has 0 radical (unpaired) electrons. The third kappa shape index (κ3) is 4.58. The Morgan fingerprint density at radius 3 is 2.55 bits per heavy atom. The van der Waals surface area contributed by atoms with Crippen molar-refractivity contribution in [1.29, 1.82) is 0 Å². The minimum absolute atomic E-state index is 0.133. The van der Waals surface area contributed by atoms with Crippen molar-refractivity contribution in [3.8, 4) is 5.75 Å². The van der Waals surface area contributed by atoms with Gasteiger partial charge in [0.25, 0.3) is 5.91 Å². The number of methoxy groups -OCH3 is 1. The number of nitrogens with one attached hydrogen (secondary N) is 1. The molecule has 0 aliphatic heterocycles. The monoisotopic (exact) mass is 319 g/mol. The zero-order valence-electron chi connectivity index (χ0n) is 13.0. The maximum Gasteiger partial charge on any atom is 0.260 e. The Kier molecular flexibility index (Phi) is 5.98. The van der Waals surface area contributed by atoms with Gasteiger partial charge in [0.05, 0.1) is 0 Å². The van der Waals surface area contributed by atoms with Gasteiger partial charge in [-0.25, -0.2) is 0 Å². The van der Waals surface area contributed by atoms with Crippen molar-refractivity contribution in [2.75, 3.05) is 13.7 Å². The molecular formula is C17H21NO3S. The first-order chi connectivity index (χ1) is 10.6. The molecule has 2 aromatic rings. The van der Waals surface area contributed by atoms with Crippen LogP contribution in [-0.2, 0) is 9.53 Å². The topological polar surface area (TPSA) is 47.6 Å². The van der Waals surface area contributed by atoms with Gasteiger partial charge in [0, 0.05) is 23.4 Å². The van der Waals surface area contributed by atoms with Crippen LogP contribution in [0.2, 0.25) is 0 Å². The number of aryl methyl sites for hydroxylation is 1. The summed E-state index contributed by atoms with van der Waals surface area (Å²) in [6.07, 6.45) is -0.684. The number of para-hydroxylation sites is 1. The number of ether oxygens (including phenoxy) is 2. The maximum atomic E-state index is 12.1. The molecule has 22 heavy (non-hydrogen) atoms. The third-order valence-electron chi connectivity index (χ3n) is 3.25. The van der Waals surface area contributed by atoms with Gasteiger partial charge < -0.3 is 14.8 Å². The summed E-state index contributed by atoms with van der Waals surface area (Å²) < 4.78 is 11.1. The molecular weight excluding hydrogens is 298 g/mol. The quantitative estimate of drug-likeness (QED) is 0.851. The summed E-state index contributed by atoms with van der Waals surface area (Å²) >= 11 is 1.68. The molecule has 4 nitrogen and oxygen atoms in total. The highest BCUT2D eigenvalue weighted by Gasteiger charge is 2.18. The van der Waals surface area contributed by atoms with E-state index in [1.807, 2.05) is 36.4 Å². The fourth-order valence-electron chi connectivity index (χ4n) is 2.02. The van der Waals surface area contributed by atoms with Crippen molar-refractivity contribution in [2.24, 2.45) is 0 Å². The first-order valence-corrected chi connectivity index (χ1v) is 8.00. The Morgan fingerprint density at radius 2 is 1.95 bits per heavy atom. The molecule has 2 rings (SSSR count). The van der Waals surface area contributed by atoms with E-state index < -0.39 is 6.10 Å². The zero-order chi connectivity index (χ0) is 15.9. The fraction of sp³-hybridized carbons (Fsp3) is 0.353. The van der Waals surface area contributed by atoms with Gasteiger partial charge in [0.2, 0.25) is 0 Å². The molecule has 0 aliphatic rings. The predicted molar refractivity (Wildman–Crippen MR) is 88.3 cm³/mol. The lowest BCUT2D eigenvalue weighted by atomic mass is 10.2. The van der Waals surface area contributed by atoms with E-state index >= 15 is 0 Å². The van der Waals surface area contributed by atoms with Gasteiger partial charge >= 0.3 is 0 Å². The summed E-state index contributed by atoms with van der Waals surface area (Å²) in [7, 11) is 1.65. The van der Waals surface area contributed by atoms with Crippen molar-refractivity contribution in [3.05, 3.63) is 52.2 Å². The number of amides is 1. The molecule has 1 N–H and O–H groups in total. The van der Waals surface area contributed by atoms with Crippen molar-refractivity contribution in [2.45, 2.75) is 26.1 Å². The molecule has 1 aromatic heterocycles. The molecule has 1 amide bonds. The Hall–Kier alpha value is -1.85. The lowest BCUT2D eigenvalue weighted by molar-refractivity contribution is -0.127. The van der Waals surface area contributed by atoms with Crippen LogP contribution in [0.3, 0.4) is 0 Å². The van der Waals surface area contributed by atoms with Crippen molar-refractivity contribution >= 4 is 17.2 Å². The number of carbonyl (C=O) groups is 1. The Morgan fingerprint density at radius 1 is 1.23 bits per heavy atom. The van der Waals surface area contributed by atoms with Crippen molar-refractivity contribution < 1.29 is 14.3 Å². The second-order valence-electron chi connectivity index (χ2n) is 4.99. The summed E-state index contributed by atoms with van der Waals surface area (Å²) in [5.74, 6) is 0.529. The van der Waals surface area contributed by atoms with Crippen LogP contribution in [0.15, 0.2) is 42.5 Å². The number of rotatable bonds is 7. The standard InChI is InChI=1S/C17H21NO3S/c1-12-9-10-16(22-12)15(20-3)11-18-17(19)13(2)21-14-7-5-4-6-8-14/h4-10,13,15H,11H2,1-3H3,(H,18,19)/t13-,15+/m1/s1. The molecule has 0 saturated heterocycles. The first-order valence-electron chi connectivity index (χ1n) is 7.18. The van der Waals surface area contributed by atoms with Crippen LogP contribution >= 0.6 is 11.3 Å². The van der Waals surface area contributed by atoms with Crippen molar-refractivity contribution in [3.63, 3.8) is 0 Å². The SMILES string of the molecule is CO[C@@H](CNC(=O)[C@@H](C)Oc1ccccc1)c1ccc(C)s1. The molecule has 0 aliphatic carbocycles. The molecule has 118 valence electrons. The van der Waals surface area contributed by atoms with Gasteiger partial charge in [0.15, 0.2) is 6.10 Å². The largest absolute Gasteiger partial charge is 0.481 e. The van der Waals surface area contributed by atoms with E-state index in [2.05, 4.69) is 18.3 Å². The Labute approximate surface area is 135 Å². The molecule has 2 atom stereocenters. The van der Waals surface area contributed by atoms with E-state index in [1.165, 1.54) is 4.88 Å². The Balaban J connectivity index is 1.85. The number of carbonyl (C=O) groups excluding carboxylic acids is 1. The minimum atomic E-state index is -0.551. The molecule has 0 saturated carbocycles. The molecule has 1 heterocycles. The summed E-state index contributed by atoms with van der Waals surface area (Å²) in [6, 6.07) is 13.4. The highest BCUT2D eigenvalue weighted by molar-refractivity contribution is 7.12. The highest BCUT2D eigenvalue weighted by atomic mass is 32.1. The van der Waals surface area contributed by atoms with Crippen LogP contribution in [0.5, 0.6) is 5.75 Å². The van der Waals surface area contributed by atoms with Gasteiger partial charge in [-0.05, 0) is 38.1 Å². The Bertz CT molecular complexity index is 597. The molecule has 5 heteroatoms. The second-order valence-corrected chi connectivity index (χ2v) is 6.31. The van der Waals surface area contributed by atoms with Crippen LogP contribution in [-0.4, -0.2) is 25.7 Å². The fourth-order valence-corrected chi connectivity index (χ4v) is 2.98. The predicted octanol–water partition coefficient (Wildman–Crippen LogP) is 3.33. The first kappa shape index (κ1) is 16.5. The van der Waals surface area contributed by atoms with Gasteiger partial charge in [0.1, 0.15) is 11.9 Å². The highest BCUT2D eigenvalue weighted by Crippen LogP contribution is 2.24. The minimum Gasteiger partial charge on any atom is -0.481 e. The average Bonchev–Trinajstić information content (AvgIpc) is 2.95. The molecule has 1 aromatic carbocycles. The van der Waals surface area contributed by atoms with Crippen LogP contribution in [0, 0.1) is 6.92 Å². The third-order valence-corrected chi connectivity index (χ3v) is 4.34. The summed E-state index contributed by atoms with van der Waals surface area (Å²) in [6.45, 7) is 4.21. The van der Waals surface area contributed by atoms with Crippen LogP contribution in [0.25, 0.3) is 0 Å². The van der Waals surface area contributed by atoms with Gasteiger partial charge in [-0.15, -0.1) is 11.3 Å². The van der Waals surface area contributed by atoms with Crippen LogP contribution in [0.1, 0.15) is 22.8 Å². The number of hydrogen-bond donors (Lipinski definition) is 1. The normalized spacial score (nSPS) is 13.4. The second kappa shape index (κ2) is 7.96. The van der Waals surface area contributed by atoms with Gasteiger partial charge in [-0.3, -0.25) is 4.79 Å². The van der Waals surface area contributed by atoms with Crippen molar-refractivity contribution in [1.82, 2.24) is 5.32 Å². The lowest BCUT2D eigenvalue weighted by Crippen LogP contribution is -2.38. The summed E-state index contributed by atoms with van der Waals surface area (Å²) in [5, 5.41) is 2.88. The van der Waals surface area contributed by atoms with Gasteiger partial charge in [-0.1, -0.05) is 18.2 Å². The molecule has 0 fully saturated rings. The van der Waals surface area contributed by atoms with E-state index in [0.717, 1.165) is 4.88 Å². The van der Waals surface area contributed by atoms with E-state index in [4.69, 9.17) is 9.47 Å². The van der Waals surface area contributed by atoms with Gasteiger partial charge in [-0.2, -0.15) is 0 Å². The van der Waals surface area contributed by atoms with Crippen LogP contribution in [0.4, 0.5) is 0 Å². The molecule has 0 unspecified atom stereocenters. The zero-order valence-corrected chi connectivity index (χ0v) is 13.9. The van der Waals surface area contributed by atoms with E-state index in [0.29, 0.717) is 12.3 Å². The van der Waals surface area contributed by atoms with E-state index in [9.17, 15) is 4.79 Å². The maximum absolute atomic E-state index is 12.1. The summed E-state index contributed by atoms with van der Waals surface area (Å²) in [5.41, 5.74) is 0. The number of benzene rings is 1. The van der Waals surface area contributed by atoms with Crippen LogP contribution < -0.4 is 10.1 Å².